The number of aryl methyl sites for hydroxylation is 2. The number of hydrogen-bond acceptors (Lipinski definition) is 20. The quantitative estimate of drug-likeness (QED) is 0.0392. The number of aliphatic imine (C=N–C) groups is 2. The largest absolute Gasteiger partial charge is 0.480 e. The second-order valence-corrected chi connectivity index (χ2v) is 39.7. The van der Waals surface area contributed by atoms with Gasteiger partial charge in [0.1, 0.15) is 41.4 Å². The third-order valence-corrected chi connectivity index (χ3v) is 29.9. The first-order valence-corrected chi connectivity index (χ1v) is 48.0. The Hall–Kier alpha value is -12.2. The van der Waals surface area contributed by atoms with Crippen molar-refractivity contribution in [1.82, 2.24) is 60.8 Å². The number of rotatable bonds is 18. The van der Waals surface area contributed by atoms with E-state index in [1.54, 1.807) is 0 Å². The van der Waals surface area contributed by atoms with Crippen LogP contribution in [0.25, 0.3) is 77.0 Å². The number of allylic oxidation sites excluding steroid dienone is 4. The molecule has 12 aliphatic rings. The normalized spacial score (nSPS) is 23.3. The molecule has 2 saturated carbocycles. The number of carboxylic acids is 1. The third-order valence-electron chi connectivity index (χ3n) is 29.9. The van der Waals surface area contributed by atoms with Gasteiger partial charge in [0, 0.05) is 98.0 Å². The highest BCUT2D eigenvalue weighted by Crippen LogP contribution is 2.52. The van der Waals surface area contributed by atoms with E-state index < -0.39 is 60.1 Å². The molecular formula is C103H124N14O17. The summed E-state index contributed by atoms with van der Waals surface area (Å²) in [5, 5.41) is 24.0. The van der Waals surface area contributed by atoms with E-state index in [4.69, 9.17) is 53.5 Å². The lowest BCUT2D eigenvalue weighted by Crippen LogP contribution is -2.58. The standard InChI is InChI=1S/C49H57N7O7.C45H52N6O5.C9H15NO5/c1-26(2)41(53-48(59)61-3)46(57)55-19-5-6-40(55)45-51-38-16-11-31-23-29(9-14-35(31)43(38)52-45)28-8-13-34-30(22-28)10-15-37-36(34)25-39(50-37)44-32-7-12-33(24-32)56(44)47(58)42(54-49(60)62-4)27-17-20-63-21-18-27;1-24(2)38(49-43(53)55-6)42(52)50-19-7-8-37(50)41-47-35-18-13-28-21-26(11-16-32(28)39(35)48-41)25-10-15-31-27(20-25)12-17-34-33(31)23-36(46-34)40-29-9-14-30(22-29)51(40)44(54)56-45(3,4)5;1-14-9(13)10-7(8(11)12)6-2-4-15-5-3-6/h8-9,11,13-14,16,22-23,26-27,32-33,40-42,44H,5-7,10,12,15,17-21,24-25H2,1-4H3,(H,51,52)(H,53,59)(H,54,60);10-11,13,15-16,18,20-21,24,29-30,37-38,40H,7-9,12,14,17,19,22-23H2,1-6H3,(H,47,48)(H,49,53);6-7H,2-5H2,1H3,(H,10,13)(H,11,12)/t32-,33+,40-,41-,42-,44-;29-,30+,37-,38-,40-;7-/m000/s1. The summed E-state index contributed by atoms with van der Waals surface area (Å²) in [4.78, 5) is 150. The zero-order valence-corrected chi connectivity index (χ0v) is 78.4. The van der Waals surface area contributed by atoms with E-state index in [2.05, 4.69) is 138 Å². The second-order valence-electron chi connectivity index (χ2n) is 39.7. The second kappa shape index (κ2) is 38.6. The molecule has 708 valence electrons. The lowest BCUT2D eigenvalue weighted by molar-refractivity contribution is -0.142. The number of carbonyl (C=O) groups excluding carboxylic acids is 8. The van der Waals surface area contributed by atoms with Crippen molar-refractivity contribution in [2.75, 3.05) is 68.0 Å². The van der Waals surface area contributed by atoms with Crippen LogP contribution in [0.4, 0.5) is 24.0 Å². The van der Waals surface area contributed by atoms with Gasteiger partial charge in [0.2, 0.25) is 17.7 Å². The molecule has 31 heteroatoms. The first kappa shape index (κ1) is 92.2. The fourth-order valence-corrected chi connectivity index (χ4v) is 23.3. The number of nitrogens with zero attached hydrogens (tertiary/aromatic N) is 8. The first-order valence-electron chi connectivity index (χ1n) is 48.0. The molecule has 4 bridgehead atoms. The summed E-state index contributed by atoms with van der Waals surface area (Å²) >= 11 is 0. The zero-order chi connectivity index (χ0) is 93.8. The highest BCUT2D eigenvalue weighted by atomic mass is 16.6. The van der Waals surface area contributed by atoms with Crippen LogP contribution >= 0.6 is 0 Å². The van der Waals surface area contributed by atoms with E-state index in [0.717, 1.165) is 205 Å². The fourth-order valence-electron chi connectivity index (χ4n) is 23.3. The van der Waals surface area contributed by atoms with E-state index in [9.17, 15) is 43.2 Å². The maximum atomic E-state index is 14.6. The van der Waals surface area contributed by atoms with E-state index in [1.165, 1.54) is 73.1 Å². The first-order chi connectivity index (χ1) is 64.6. The Labute approximate surface area is 779 Å². The summed E-state index contributed by atoms with van der Waals surface area (Å²) < 4.78 is 35.6. The summed E-state index contributed by atoms with van der Waals surface area (Å²) in [6.45, 7) is 16.9. The lowest BCUT2D eigenvalue weighted by Gasteiger charge is -2.40. The minimum absolute atomic E-state index is 0.000651. The molecule has 0 unspecified atom stereocenters. The molecule has 2 aromatic heterocycles. The minimum atomic E-state index is -1.03. The monoisotopic (exact) mass is 1830 g/mol. The molecule has 10 heterocycles. The average Bonchev–Trinajstić information content (AvgIpc) is 1.58. The predicted octanol–water partition coefficient (Wildman–Crippen LogP) is 16.4. The molecule has 0 radical (unpaired) electrons. The number of carbonyl (C=O) groups is 9. The molecule has 134 heavy (non-hydrogen) atoms. The highest BCUT2D eigenvalue weighted by Gasteiger charge is 2.55. The topological polar surface area (TPSA) is 382 Å². The van der Waals surface area contributed by atoms with Crippen molar-refractivity contribution < 1.29 is 81.4 Å². The Morgan fingerprint density at radius 2 is 0.881 bits per heavy atom. The van der Waals surface area contributed by atoms with Gasteiger partial charge in [0.25, 0.3) is 0 Å². The molecular weight excluding hydrogens is 1710 g/mol. The van der Waals surface area contributed by atoms with Crippen LogP contribution in [0, 0.1) is 35.5 Å². The Kier molecular flexibility index (Phi) is 26.6. The van der Waals surface area contributed by atoms with Crippen LogP contribution < -0.4 is 21.3 Å². The van der Waals surface area contributed by atoms with Crippen LogP contribution in [0.3, 0.4) is 0 Å². The number of hydrogen-bond donors (Lipinski definition) is 7. The van der Waals surface area contributed by atoms with Crippen LogP contribution in [-0.4, -0.2) is 232 Å². The molecule has 8 aliphatic heterocycles. The Morgan fingerprint density at radius 3 is 1.31 bits per heavy atom. The maximum absolute atomic E-state index is 14.6. The number of nitrogens with one attached hydrogen (secondary N) is 6. The molecule has 31 nitrogen and oxygen atoms in total. The maximum Gasteiger partial charge on any atom is 0.411 e. The third kappa shape index (κ3) is 18.4. The summed E-state index contributed by atoms with van der Waals surface area (Å²) in [7, 11) is 5.16. The number of carboxylic acid groups (broad SMARTS) is 1. The Bertz CT molecular complexity index is 6070. The summed E-state index contributed by atoms with van der Waals surface area (Å²) in [5.74, 6) is 0.766. The smallest absolute Gasteiger partial charge is 0.411 e. The molecule has 6 saturated heterocycles. The number of imidazole rings is 2. The SMILES string of the molecule is COC(=O)N[C@H](C(=O)N1CCC[C@H]1c1nc2c(ccc3cc(-c4ccc5c(c4)CCC4=C5CC([C@@H]5[C@H]6CC[C@H](C6)N5C(=O)OC(C)(C)C)=N4)ccc32)[nH]1)C(C)C.COC(=O)N[C@H](C(=O)N1CCC[C@H]1c1nc2c(ccc3cc(-c4ccc5c(c4)CCC4=C5CC([C@@H]5[C@H]6CC[C@H](C6)N5C(=O)[C@@H](NC(=O)OC)C5CCOCC5)=N4)ccc32)[nH]1)C(C)C.COC(=O)N[C@H](C(=O)O)C1CCOCC1. The minimum Gasteiger partial charge on any atom is -0.480 e. The van der Waals surface area contributed by atoms with Gasteiger partial charge in [-0.25, -0.2) is 38.7 Å². The number of piperidine rings is 2. The average molecular weight is 1830 g/mol. The Balaban J connectivity index is 0.000000156. The lowest BCUT2D eigenvalue weighted by atomic mass is 9.84. The van der Waals surface area contributed by atoms with E-state index in [1.807, 2.05) is 63.2 Å². The van der Waals surface area contributed by atoms with Crippen molar-refractivity contribution in [3.05, 3.63) is 142 Å². The molecule has 12 atom stereocenters. The number of methoxy groups -OCH3 is 4. The molecule has 7 N–H and O–H groups in total. The number of ether oxygens (including phenoxy) is 7. The van der Waals surface area contributed by atoms with Crippen LogP contribution in [-0.2, 0) is 65.2 Å². The molecule has 8 aromatic rings. The van der Waals surface area contributed by atoms with E-state index >= 15 is 0 Å². The summed E-state index contributed by atoms with van der Waals surface area (Å²) in [6, 6.07) is 32.3. The number of aliphatic carboxylic acids is 1. The van der Waals surface area contributed by atoms with Gasteiger partial charge in [-0.05, 0) is 263 Å². The number of benzene rings is 6. The van der Waals surface area contributed by atoms with Crippen LogP contribution in [0.15, 0.2) is 118 Å². The van der Waals surface area contributed by atoms with Gasteiger partial charge in [-0.1, -0.05) is 100 Å². The van der Waals surface area contributed by atoms with Crippen LogP contribution in [0.1, 0.15) is 210 Å². The molecule has 0 spiro atoms. The van der Waals surface area contributed by atoms with Crippen molar-refractivity contribution in [3.8, 4) is 22.3 Å². The van der Waals surface area contributed by atoms with Gasteiger partial charge in [0.05, 0.1) is 74.7 Å². The molecule has 20 rings (SSSR count). The van der Waals surface area contributed by atoms with Crippen LogP contribution in [0.2, 0.25) is 0 Å². The van der Waals surface area contributed by atoms with Crippen molar-refractivity contribution in [2.45, 2.75) is 243 Å². The molecule has 8 fully saturated rings. The Morgan fingerprint density at radius 1 is 0.470 bits per heavy atom. The highest BCUT2D eigenvalue weighted by molar-refractivity contribution is 6.10. The number of alkyl carbamates (subject to hydrolysis) is 4. The predicted molar refractivity (Wildman–Crippen MR) is 506 cm³/mol. The van der Waals surface area contributed by atoms with Gasteiger partial charge in [0.15, 0.2) is 0 Å². The zero-order valence-electron chi connectivity index (χ0n) is 78.4. The van der Waals surface area contributed by atoms with Crippen molar-refractivity contribution in [3.63, 3.8) is 0 Å². The van der Waals surface area contributed by atoms with Gasteiger partial charge < -0.3 is 84.2 Å². The van der Waals surface area contributed by atoms with Gasteiger partial charge in [-0.2, -0.15) is 0 Å². The van der Waals surface area contributed by atoms with Gasteiger partial charge >= 0.3 is 36.4 Å². The molecule has 8 amide bonds. The van der Waals surface area contributed by atoms with E-state index in [-0.39, 0.29) is 83.7 Å². The van der Waals surface area contributed by atoms with Gasteiger partial charge in [-0.15, -0.1) is 0 Å². The number of aromatic amines is 2. The van der Waals surface area contributed by atoms with Crippen molar-refractivity contribution >= 4 is 120 Å². The van der Waals surface area contributed by atoms with Crippen molar-refractivity contribution in [1.29, 1.82) is 0 Å². The van der Waals surface area contributed by atoms with Crippen molar-refractivity contribution in [2.24, 2.45) is 45.5 Å². The number of amides is 8. The summed E-state index contributed by atoms with van der Waals surface area (Å²) in [6.07, 6.45) is 14.7. The van der Waals surface area contributed by atoms with Gasteiger partial charge in [-0.3, -0.25) is 29.3 Å². The number of fused-ring (bicyclic) bond motifs is 14. The number of H-pyrrole nitrogens is 2. The fraction of sp³-hybridized carbons (Fsp3) is 0.524. The summed E-state index contributed by atoms with van der Waals surface area (Å²) in [5.41, 5.74) is 20.0. The van der Waals surface area contributed by atoms with E-state index in [0.29, 0.717) is 64.2 Å². The van der Waals surface area contributed by atoms with Crippen LogP contribution in [0.5, 0.6) is 0 Å². The number of aromatic nitrogens is 4. The molecule has 4 aliphatic carbocycles. The molecule has 6 aromatic carbocycles. The number of likely N-dealkylation sites (tertiary alicyclic amines) is 4.